The maximum atomic E-state index is 5.53. The molecule has 11 heavy (non-hydrogen) atoms. The zero-order chi connectivity index (χ0) is 7.68. The highest BCUT2D eigenvalue weighted by atomic mass is 16.5. The van der Waals surface area contributed by atoms with Gasteiger partial charge in [-0.15, -0.1) is 0 Å². The van der Waals surface area contributed by atoms with Gasteiger partial charge in [-0.05, 0) is 11.6 Å². The third-order valence-electron chi connectivity index (χ3n) is 1.83. The molecule has 0 spiro atoms. The molecule has 0 saturated carbocycles. The second-order valence-electron chi connectivity index (χ2n) is 2.64. The van der Waals surface area contributed by atoms with E-state index in [9.17, 15) is 0 Å². The molecule has 0 atom stereocenters. The number of anilines is 1. The molecular formula is C8H10N2O. The SMILES string of the molecule is Nc1ccc2c(n1)CCOC2. The van der Waals surface area contributed by atoms with Crippen LogP contribution in [0.5, 0.6) is 0 Å². The van der Waals surface area contributed by atoms with Gasteiger partial charge in [-0.1, -0.05) is 6.07 Å². The number of nitrogens with two attached hydrogens (primary N) is 1. The Hall–Kier alpha value is -1.09. The minimum absolute atomic E-state index is 0.602. The van der Waals surface area contributed by atoms with Gasteiger partial charge in [-0.2, -0.15) is 0 Å². The third-order valence-corrected chi connectivity index (χ3v) is 1.83. The number of hydrogen-bond acceptors (Lipinski definition) is 3. The number of hydrogen-bond donors (Lipinski definition) is 1. The summed E-state index contributed by atoms with van der Waals surface area (Å²) < 4.78 is 5.25. The van der Waals surface area contributed by atoms with Crippen molar-refractivity contribution in [2.45, 2.75) is 13.0 Å². The Bertz CT molecular complexity index is 273. The first-order valence-electron chi connectivity index (χ1n) is 3.68. The molecule has 0 saturated heterocycles. The molecule has 1 aromatic heterocycles. The van der Waals surface area contributed by atoms with Gasteiger partial charge in [0.25, 0.3) is 0 Å². The number of pyridine rings is 1. The summed E-state index contributed by atoms with van der Waals surface area (Å²) >= 11 is 0. The van der Waals surface area contributed by atoms with Crippen LogP contribution in [-0.2, 0) is 17.8 Å². The summed E-state index contributed by atoms with van der Waals surface area (Å²) in [6, 6.07) is 3.80. The van der Waals surface area contributed by atoms with Gasteiger partial charge < -0.3 is 10.5 Å². The van der Waals surface area contributed by atoms with Crippen LogP contribution >= 0.6 is 0 Å². The smallest absolute Gasteiger partial charge is 0.123 e. The van der Waals surface area contributed by atoms with Gasteiger partial charge in [0, 0.05) is 6.42 Å². The van der Waals surface area contributed by atoms with E-state index in [1.165, 1.54) is 5.56 Å². The Kier molecular flexibility index (Phi) is 1.51. The van der Waals surface area contributed by atoms with E-state index in [2.05, 4.69) is 4.98 Å². The summed E-state index contributed by atoms with van der Waals surface area (Å²) in [6.07, 6.45) is 0.889. The number of rotatable bonds is 0. The zero-order valence-corrected chi connectivity index (χ0v) is 6.21. The van der Waals surface area contributed by atoms with Crippen molar-refractivity contribution < 1.29 is 4.74 Å². The normalized spacial score (nSPS) is 16.0. The standard InChI is InChI=1S/C8H10N2O/c9-8-2-1-6-5-11-4-3-7(6)10-8/h1-2H,3-5H2,(H2,9,10). The number of nitrogen functional groups attached to an aromatic ring is 1. The fourth-order valence-corrected chi connectivity index (χ4v) is 1.25. The van der Waals surface area contributed by atoms with Crippen molar-refractivity contribution in [1.29, 1.82) is 0 Å². The van der Waals surface area contributed by atoms with Crippen molar-refractivity contribution >= 4 is 5.82 Å². The van der Waals surface area contributed by atoms with Crippen molar-refractivity contribution in [2.24, 2.45) is 0 Å². The van der Waals surface area contributed by atoms with Gasteiger partial charge in [0.2, 0.25) is 0 Å². The molecule has 0 fully saturated rings. The molecule has 1 aliphatic heterocycles. The zero-order valence-electron chi connectivity index (χ0n) is 6.21. The van der Waals surface area contributed by atoms with Crippen LogP contribution in [0.2, 0.25) is 0 Å². The monoisotopic (exact) mass is 150 g/mol. The molecule has 3 heteroatoms. The maximum Gasteiger partial charge on any atom is 0.123 e. The summed E-state index contributed by atoms with van der Waals surface area (Å²) in [4.78, 5) is 4.21. The molecule has 0 amide bonds. The number of aromatic nitrogens is 1. The highest BCUT2D eigenvalue weighted by Gasteiger charge is 2.09. The topological polar surface area (TPSA) is 48.1 Å². The van der Waals surface area contributed by atoms with E-state index < -0.39 is 0 Å². The summed E-state index contributed by atoms with van der Waals surface area (Å²) in [6.45, 7) is 1.45. The van der Waals surface area contributed by atoms with Gasteiger partial charge in [-0.25, -0.2) is 4.98 Å². The minimum atomic E-state index is 0.602. The van der Waals surface area contributed by atoms with E-state index >= 15 is 0 Å². The van der Waals surface area contributed by atoms with Gasteiger partial charge >= 0.3 is 0 Å². The van der Waals surface area contributed by atoms with Gasteiger partial charge in [0.15, 0.2) is 0 Å². The molecule has 2 rings (SSSR count). The van der Waals surface area contributed by atoms with E-state index in [1.54, 1.807) is 0 Å². The number of nitrogens with zero attached hydrogens (tertiary/aromatic N) is 1. The lowest BCUT2D eigenvalue weighted by atomic mass is 10.1. The maximum absolute atomic E-state index is 5.53. The summed E-state index contributed by atoms with van der Waals surface area (Å²) in [5.74, 6) is 0.602. The van der Waals surface area contributed by atoms with Crippen LogP contribution < -0.4 is 5.73 Å². The Labute approximate surface area is 65.2 Å². The number of fused-ring (bicyclic) bond motifs is 1. The lowest BCUT2D eigenvalue weighted by Gasteiger charge is -2.14. The molecule has 1 aliphatic rings. The van der Waals surface area contributed by atoms with Crippen LogP contribution in [0.3, 0.4) is 0 Å². The third kappa shape index (κ3) is 1.19. The Morgan fingerprint density at radius 2 is 2.36 bits per heavy atom. The highest BCUT2D eigenvalue weighted by Crippen LogP contribution is 2.15. The van der Waals surface area contributed by atoms with Crippen molar-refractivity contribution in [3.63, 3.8) is 0 Å². The fraction of sp³-hybridized carbons (Fsp3) is 0.375. The molecule has 0 radical (unpaired) electrons. The molecule has 58 valence electrons. The van der Waals surface area contributed by atoms with Crippen LogP contribution in [0.4, 0.5) is 5.82 Å². The molecule has 2 heterocycles. The van der Waals surface area contributed by atoms with Crippen LogP contribution in [0.15, 0.2) is 12.1 Å². The van der Waals surface area contributed by atoms with Crippen molar-refractivity contribution in [3.05, 3.63) is 23.4 Å². The van der Waals surface area contributed by atoms with Gasteiger partial charge in [-0.3, -0.25) is 0 Å². The van der Waals surface area contributed by atoms with Crippen LogP contribution in [0.1, 0.15) is 11.3 Å². The van der Waals surface area contributed by atoms with Crippen molar-refractivity contribution in [2.75, 3.05) is 12.3 Å². The van der Waals surface area contributed by atoms with Gasteiger partial charge in [0.1, 0.15) is 5.82 Å². The predicted octanol–water partition coefficient (Wildman–Crippen LogP) is 0.737. The molecule has 0 aliphatic carbocycles. The molecule has 0 bridgehead atoms. The average Bonchev–Trinajstić information content (AvgIpc) is 2.04. The van der Waals surface area contributed by atoms with Crippen molar-refractivity contribution in [3.8, 4) is 0 Å². The minimum Gasteiger partial charge on any atom is -0.384 e. The van der Waals surface area contributed by atoms with E-state index in [0.717, 1.165) is 18.7 Å². The van der Waals surface area contributed by atoms with Crippen LogP contribution in [0, 0.1) is 0 Å². The highest BCUT2D eigenvalue weighted by molar-refractivity contribution is 5.34. The lowest BCUT2D eigenvalue weighted by molar-refractivity contribution is 0.109. The Morgan fingerprint density at radius 1 is 1.45 bits per heavy atom. The van der Waals surface area contributed by atoms with Crippen molar-refractivity contribution in [1.82, 2.24) is 4.98 Å². The van der Waals surface area contributed by atoms with Gasteiger partial charge in [0.05, 0.1) is 18.9 Å². The molecule has 0 aromatic carbocycles. The Morgan fingerprint density at radius 3 is 3.27 bits per heavy atom. The van der Waals surface area contributed by atoms with E-state index in [0.29, 0.717) is 12.4 Å². The second-order valence-corrected chi connectivity index (χ2v) is 2.64. The summed E-state index contributed by atoms with van der Waals surface area (Å²) in [5, 5.41) is 0. The molecule has 3 nitrogen and oxygen atoms in total. The first kappa shape index (κ1) is 6.61. The first-order chi connectivity index (χ1) is 5.36. The van der Waals surface area contributed by atoms with E-state index in [-0.39, 0.29) is 0 Å². The van der Waals surface area contributed by atoms with Crippen LogP contribution in [-0.4, -0.2) is 11.6 Å². The molecule has 1 aromatic rings. The molecular weight excluding hydrogens is 140 g/mol. The predicted molar refractivity (Wildman–Crippen MR) is 42.0 cm³/mol. The average molecular weight is 150 g/mol. The molecule has 0 unspecified atom stereocenters. The number of ether oxygens (including phenoxy) is 1. The van der Waals surface area contributed by atoms with E-state index in [4.69, 9.17) is 10.5 Å². The summed E-state index contributed by atoms with van der Waals surface area (Å²) in [7, 11) is 0. The Balaban J connectivity index is 2.43. The largest absolute Gasteiger partial charge is 0.384 e. The second kappa shape index (κ2) is 2.51. The molecule has 2 N–H and O–H groups in total. The fourth-order valence-electron chi connectivity index (χ4n) is 1.25. The van der Waals surface area contributed by atoms with E-state index in [1.807, 2.05) is 12.1 Å². The lowest BCUT2D eigenvalue weighted by Crippen LogP contribution is -2.12. The van der Waals surface area contributed by atoms with Crippen LogP contribution in [0.25, 0.3) is 0 Å². The first-order valence-corrected chi connectivity index (χ1v) is 3.68. The quantitative estimate of drug-likeness (QED) is 0.593. The summed E-state index contributed by atoms with van der Waals surface area (Å²) in [5.41, 5.74) is 7.80.